The molecule has 0 spiro atoms. The van der Waals surface area contributed by atoms with Gasteiger partial charge < -0.3 is 9.47 Å². The van der Waals surface area contributed by atoms with E-state index in [0.717, 1.165) is 6.07 Å². The van der Waals surface area contributed by atoms with Crippen LogP contribution in [0.3, 0.4) is 0 Å². The molecule has 0 saturated carbocycles. The highest BCUT2D eigenvalue weighted by molar-refractivity contribution is 7.93. The van der Waals surface area contributed by atoms with Gasteiger partial charge in [-0.3, -0.25) is 4.79 Å². The van der Waals surface area contributed by atoms with Crippen LogP contribution < -0.4 is 13.8 Å². The molecule has 0 aliphatic carbocycles. The van der Waals surface area contributed by atoms with E-state index in [4.69, 9.17) is 9.47 Å². The zero-order chi connectivity index (χ0) is 21.4. The van der Waals surface area contributed by atoms with Crippen molar-refractivity contribution in [2.24, 2.45) is 0 Å². The number of carbonyl (C=O) groups is 1. The molecule has 8 heteroatoms. The van der Waals surface area contributed by atoms with Crippen LogP contribution in [0.5, 0.6) is 11.5 Å². The third-order valence-corrected chi connectivity index (χ3v) is 5.84. The van der Waals surface area contributed by atoms with Crippen LogP contribution in [0, 0.1) is 5.82 Å². The summed E-state index contributed by atoms with van der Waals surface area (Å²) in [4.78, 5) is 13.0. The normalized spacial score (nSPS) is 11.0. The van der Waals surface area contributed by atoms with Crippen molar-refractivity contribution in [1.82, 2.24) is 0 Å². The Morgan fingerprint density at radius 2 is 1.90 bits per heavy atom. The van der Waals surface area contributed by atoms with Gasteiger partial charge >= 0.3 is 0 Å². The molecular formula is C21H24FNO5S. The summed E-state index contributed by atoms with van der Waals surface area (Å²) in [6.07, 6.45) is 2.70. The van der Waals surface area contributed by atoms with E-state index in [-0.39, 0.29) is 22.8 Å². The number of sulfonamides is 1. The van der Waals surface area contributed by atoms with Gasteiger partial charge in [-0.2, -0.15) is 0 Å². The number of carbonyl (C=O) groups excluding carboxylic acids is 1. The van der Waals surface area contributed by atoms with Gasteiger partial charge in [-0.25, -0.2) is 17.1 Å². The molecular weight excluding hydrogens is 397 g/mol. The summed E-state index contributed by atoms with van der Waals surface area (Å²) in [5.41, 5.74) is 0.0463. The zero-order valence-corrected chi connectivity index (χ0v) is 17.2. The first-order valence-electron chi connectivity index (χ1n) is 9.08. The fourth-order valence-electron chi connectivity index (χ4n) is 2.61. The van der Waals surface area contributed by atoms with Crippen LogP contribution in [0.15, 0.2) is 55.1 Å². The highest BCUT2D eigenvalue weighted by Crippen LogP contribution is 2.28. The number of methoxy groups -OCH3 is 1. The minimum atomic E-state index is -4.00. The quantitative estimate of drug-likeness (QED) is 0.425. The zero-order valence-electron chi connectivity index (χ0n) is 16.4. The number of hydrogen-bond acceptors (Lipinski definition) is 5. The number of amides is 1. The van der Waals surface area contributed by atoms with Crippen molar-refractivity contribution in [3.8, 4) is 11.5 Å². The summed E-state index contributed by atoms with van der Waals surface area (Å²) in [7, 11) is -2.70. The monoisotopic (exact) mass is 421 g/mol. The van der Waals surface area contributed by atoms with E-state index in [9.17, 15) is 17.6 Å². The Hall–Kier alpha value is -2.87. The van der Waals surface area contributed by atoms with E-state index in [0.29, 0.717) is 29.5 Å². The largest absolute Gasteiger partial charge is 0.494 e. The van der Waals surface area contributed by atoms with E-state index >= 15 is 0 Å². The molecule has 0 atom stereocenters. The van der Waals surface area contributed by atoms with Gasteiger partial charge in [0.25, 0.3) is 5.91 Å². The van der Waals surface area contributed by atoms with Crippen molar-refractivity contribution < 1.29 is 27.1 Å². The molecule has 0 aromatic heterocycles. The number of nitrogens with zero attached hydrogens (tertiary/aromatic N) is 1. The molecule has 0 radical (unpaired) electrons. The van der Waals surface area contributed by atoms with Crippen LogP contribution in [-0.2, 0) is 10.0 Å². The van der Waals surface area contributed by atoms with E-state index in [1.54, 1.807) is 25.1 Å². The summed E-state index contributed by atoms with van der Waals surface area (Å²) in [5, 5.41) is 0. The lowest BCUT2D eigenvalue weighted by Gasteiger charge is -2.23. The van der Waals surface area contributed by atoms with Gasteiger partial charge in [0.15, 0.2) is 11.6 Å². The molecule has 0 aliphatic heterocycles. The maximum Gasteiger partial charge on any atom is 0.272 e. The van der Waals surface area contributed by atoms with Crippen molar-refractivity contribution in [3.05, 3.63) is 66.5 Å². The van der Waals surface area contributed by atoms with E-state index in [1.165, 1.54) is 31.4 Å². The number of anilines is 1. The lowest BCUT2D eigenvalue weighted by molar-refractivity contribution is 0.101. The van der Waals surface area contributed by atoms with Gasteiger partial charge in [0.1, 0.15) is 5.75 Å². The maximum absolute atomic E-state index is 14.2. The second kappa shape index (κ2) is 10.1. The second-order valence-electron chi connectivity index (χ2n) is 6.15. The Kier molecular flexibility index (Phi) is 7.78. The maximum atomic E-state index is 14.2. The molecule has 1 amide bonds. The molecule has 0 fully saturated rings. The SMILES string of the molecule is C=CCCOc1ccc(C(=O)N(c2ccc(OC)c(F)c2)S(=O)(=O)CCC)cc1. The fraction of sp³-hybridized carbons (Fsp3) is 0.286. The standard InChI is InChI=1S/C21H24FNO5S/c1-4-6-13-28-18-10-7-16(8-11-18)21(24)23(29(25,26)14-5-2)17-9-12-20(27-3)19(22)15-17/h4,7-12,15H,1,5-6,13-14H2,2-3H3. The first-order chi connectivity index (χ1) is 13.8. The van der Waals surface area contributed by atoms with E-state index in [1.807, 2.05) is 0 Å². The van der Waals surface area contributed by atoms with Crippen LogP contribution in [0.1, 0.15) is 30.1 Å². The van der Waals surface area contributed by atoms with E-state index in [2.05, 4.69) is 6.58 Å². The molecule has 0 bridgehead atoms. The Bertz CT molecular complexity index is 958. The highest BCUT2D eigenvalue weighted by atomic mass is 32.2. The van der Waals surface area contributed by atoms with Crippen molar-refractivity contribution >= 4 is 21.6 Å². The summed E-state index contributed by atoms with van der Waals surface area (Å²) in [6.45, 7) is 5.74. The predicted octanol–water partition coefficient (Wildman–Crippen LogP) is 4.18. The molecule has 2 aromatic rings. The van der Waals surface area contributed by atoms with Gasteiger partial charge in [-0.05, 0) is 49.2 Å². The van der Waals surface area contributed by atoms with Crippen molar-refractivity contribution in [2.45, 2.75) is 19.8 Å². The predicted molar refractivity (Wildman–Crippen MR) is 111 cm³/mol. The van der Waals surface area contributed by atoms with Gasteiger partial charge in [0, 0.05) is 11.6 Å². The first-order valence-corrected chi connectivity index (χ1v) is 10.7. The first kappa shape index (κ1) is 22.4. The highest BCUT2D eigenvalue weighted by Gasteiger charge is 2.30. The number of hydrogen-bond donors (Lipinski definition) is 0. The molecule has 156 valence electrons. The summed E-state index contributed by atoms with van der Waals surface area (Å²) in [6, 6.07) is 9.68. The molecule has 0 unspecified atom stereocenters. The molecule has 29 heavy (non-hydrogen) atoms. The van der Waals surface area contributed by atoms with Gasteiger partial charge in [-0.15, -0.1) is 6.58 Å². The summed E-state index contributed by atoms with van der Waals surface area (Å²) >= 11 is 0. The van der Waals surface area contributed by atoms with E-state index < -0.39 is 21.7 Å². The molecule has 0 aliphatic rings. The van der Waals surface area contributed by atoms with Crippen LogP contribution in [0.2, 0.25) is 0 Å². The van der Waals surface area contributed by atoms with Crippen molar-refractivity contribution in [2.75, 3.05) is 23.8 Å². The third kappa shape index (κ3) is 5.57. The lowest BCUT2D eigenvalue weighted by atomic mass is 10.2. The van der Waals surface area contributed by atoms with Crippen LogP contribution >= 0.6 is 0 Å². The van der Waals surface area contributed by atoms with Crippen LogP contribution in [0.25, 0.3) is 0 Å². The molecule has 2 aromatic carbocycles. The van der Waals surface area contributed by atoms with Gasteiger partial charge in [0.2, 0.25) is 10.0 Å². The average molecular weight is 421 g/mol. The van der Waals surface area contributed by atoms with Crippen LogP contribution in [-0.4, -0.2) is 33.8 Å². The topological polar surface area (TPSA) is 72.9 Å². The summed E-state index contributed by atoms with van der Waals surface area (Å²) in [5.74, 6) is -1.30. The number of halogens is 1. The fourth-order valence-corrected chi connectivity index (χ4v) is 4.10. The average Bonchev–Trinajstić information content (AvgIpc) is 2.68. The minimum absolute atomic E-state index is 0.0462. The van der Waals surface area contributed by atoms with Crippen molar-refractivity contribution in [1.29, 1.82) is 0 Å². The number of benzene rings is 2. The molecule has 0 heterocycles. The second-order valence-corrected chi connectivity index (χ2v) is 8.09. The Morgan fingerprint density at radius 3 is 2.45 bits per heavy atom. The Balaban J connectivity index is 2.39. The lowest BCUT2D eigenvalue weighted by Crippen LogP contribution is -2.38. The molecule has 6 nitrogen and oxygen atoms in total. The Morgan fingerprint density at radius 1 is 1.21 bits per heavy atom. The molecule has 0 N–H and O–H groups in total. The van der Waals surface area contributed by atoms with Crippen LogP contribution in [0.4, 0.5) is 10.1 Å². The minimum Gasteiger partial charge on any atom is -0.494 e. The Labute approximate surface area is 170 Å². The summed E-state index contributed by atoms with van der Waals surface area (Å²) < 4.78 is 50.7. The molecule has 2 rings (SSSR count). The van der Waals surface area contributed by atoms with Gasteiger partial charge in [0.05, 0.1) is 25.2 Å². The smallest absolute Gasteiger partial charge is 0.272 e. The number of rotatable bonds is 10. The third-order valence-electron chi connectivity index (χ3n) is 3.99. The van der Waals surface area contributed by atoms with Gasteiger partial charge in [-0.1, -0.05) is 13.0 Å². The van der Waals surface area contributed by atoms with Crippen molar-refractivity contribution in [3.63, 3.8) is 0 Å². The molecule has 0 saturated heterocycles. The number of ether oxygens (including phenoxy) is 2.